The van der Waals surface area contributed by atoms with Gasteiger partial charge in [-0.2, -0.15) is 10.2 Å². The molecule has 35 heavy (non-hydrogen) atoms. The van der Waals surface area contributed by atoms with Crippen LogP contribution in [0.25, 0.3) is 0 Å². The summed E-state index contributed by atoms with van der Waals surface area (Å²) in [7, 11) is -4.13. The molecule has 192 valence electrons. The molecule has 0 bridgehead atoms. The van der Waals surface area contributed by atoms with Crippen molar-refractivity contribution < 1.29 is 28.0 Å². The van der Waals surface area contributed by atoms with Gasteiger partial charge in [-0.05, 0) is 51.2 Å². The van der Waals surface area contributed by atoms with Gasteiger partial charge in [0.1, 0.15) is 12.1 Å². The zero-order valence-corrected chi connectivity index (χ0v) is 20.7. The number of hydrogen-bond donors (Lipinski definition) is 6. The summed E-state index contributed by atoms with van der Waals surface area (Å²) in [6.07, 6.45) is 4.14. The highest BCUT2D eigenvalue weighted by molar-refractivity contribution is 7.89. The van der Waals surface area contributed by atoms with Gasteiger partial charge in [0.25, 0.3) is 0 Å². The van der Waals surface area contributed by atoms with Crippen LogP contribution in [0.5, 0.6) is 0 Å². The van der Waals surface area contributed by atoms with Crippen molar-refractivity contribution in [1.82, 2.24) is 25.5 Å². The van der Waals surface area contributed by atoms with E-state index in [1.54, 1.807) is 32.2 Å². The number of amides is 1. The number of aliphatic carboxylic acids is 1. The molecule has 1 saturated heterocycles. The topological polar surface area (TPSA) is 189 Å². The van der Waals surface area contributed by atoms with E-state index < -0.39 is 40.5 Å². The molecule has 0 radical (unpaired) electrons. The lowest BCUT2D eigenvalue weighted by Gasteiger charge is -2.19. The van der Waals surface area contributed by atoms with Gasteiger partial charge in [-0.25, -0.2) is 13.4 Å². The minimum atomic E-state index is -4.13. The van der Waals surface area contributed by atoms with Crippen LogP contribution in [0.3, 0.4) is 0 Å². The monoisotopic (exact) mass is 508 g/mol. The molecule has 3 unspecified atom stereocenters. The maximum Gasteiger partial charge on any atom is 0.323 e. The summed E-state index contributed by atoms with van der Waals surface area (Å²) in [6.45, 7) is 4.73. The maximum absolute atomic E-state index is 12.9. The zero-order valence-electron chi connectivity index (χ0n) is 19.9. The van der Waals surface area contributed by atoms with Gasteiger partial charge in [0.05, 0.1) is 16.7 Å². The van der Waals surface area contributed by atoms with Gasteiger partial charge in [-0.1, -0.05) is 17.7 Å². The second-order valence-electron chi connectivity index (χ2n) is 8.80. The summed E-state index contributed by atoms with van der Waals surface area (Å²) in [6, 6.07) is 1.22. The van der Waals surface area contributed by atoms with Crippen molar-refractivity contribution in [2.45, 2.75) is 69.5 Å². The van der Waals surface area contributed by atoms with Crippen LogP contribution in [-0.2, 0) is 30.9 Å². The first kappa shape index (κ1) is 26.6. The number of imidazole rings is 1. The summed E-state index contributed by atoms with van der Waals surface area (Å²) in [5.41, 5.74) is 11.0. The minimum Gasteiger partial charge on any atom is -0.480 e. The standard InChI is InChI=1S/C22H32N6O6S/c1-12-7-13(2)19(14(3)8-12)35(32,33)28-18(21(30)31)11-24-20(29)17-9-16(34-27-17)6-4-5-15-10-25-22(23)26-15/h7-8,10,16-18,27-28H,4-6,9,11H2,1-3H3,(H,24,29)(H,30,31)(H3,23,25,26). The molecular weight excluding hydrogens is 476 g/mol. The largest absolute Gasteiger partial charge is 0.480 e. The molecule has 7 N–H and O–H groups in total. The number of hydrogen-bond acceptors (Lipinski definition) is 8. The summed E-state index contributed by atoms with van der Waals surface area (Å²) in [5.74, 6) is -1.51. The molecular formula is C22H32N6O6S. The SMILES string of the molecule is Cc1cc(C)c(S(=O)(=O)NC(CNC(=O)C2CC(CCCc3c[nH]c(N)n3)ON2)C(=O)O)c(C)c1. The maximum atomic E-state index is 12.9. The molecule has 1 aromatic carbocycles. The fourth-order valence-corrected chi connectivity index (χ4v) is 5.87. The lowest BCUT2D eigenvalue weighted by molar-refractivity contribution is -0.139. The smallest absolute Gasteiger partial charge is 0.323 e. The van der Waals surface area contributed by atoms with Crippen molar-refractivity contribution in [2.24, 2.45) is 0 Å². The van der Waals surface area contributed by atoms with Gasteiger partial charge in [-0.3, -0.25) is 14.4 Å². The number of nitrogen functional groups attached to an aromatic ring is 1. The Labute approximate surface area is 204 Å². The number of anilines is 1. The highest BCUT2D eigenvalue weighted by Gasteiger charge is 2.33. The number of carboxylic acid groups (broad SMARTS) is 1. The molecule has 1 fully saturated rings. The number of H-pyrrole nitrogens is 1. The van der Waals surface area contributed by atoms with E-state index in [9.17, 15) is 23.1 Å². The molecule has 3 rings (SSSR count). The molecule has 2 heterocycles. The molecule has 0 saturated carbocycles. The third kappa shape index (κ3) is 7.01. The van der Waals surface area contributed by atoms with E-state index in [1.165, 1.54) is 0 Å². The highest BCUT2D eigenvalue weighted by Crippen LogP contribution is 2.22. The van der Waals surface area contributed by atoms with Crippen LogP contribution in [0.2, 0.25) is 0 Å². The van der Waals surface area contributed by atoms with E-state index in [-0.39, 0.29) is 11.0 Å². The van der Waals surface area contributed by atoms with E-state index in [1.807, 2.05) is 6.92 Å². The van der Waals surface area contributed by atoms with Gasteiger partial charge >= 0.3 is 5.97 Å². The molecule has 0 aliphatic carbocycles. The Bertz CT molecular complexity index is 1160. The number of carboxylic acids is 1. The average molecular weight is 509 g/mol. The fraction of sp³-hybridized carbons (Fsp3) is 0.500. The van der Waals surface area contributed by atoms with E-state index in [4.69, 9.17) is 10.6 Å². The van der Waals surface area contributed by atoms with Gasteiger partial charge in [0.2, 0.25) is 15.9 Å². The van der Waals surface area contributed by atoms with Crippen molar-refractivity contribution in [3.63, 3.8) is 0 Å². The zero-order chi connectivity index (χ0) is 25.8. The van der Waals surface area contributed by atoms with E-state index in [0.29, 0.717) is 36.3 Å². The number of hydroxylamine groups is 1. The number of sulfonamides is 1. The molecule has 1 amide bonds. The Morgan fingerprint density at radius 2 is 1.97 bits per heavy atom. The number of carbonyl (C=O) groups excluding carboxylic acids is 1. The second kappa shape index (κ2) is 11.2. The quantitative estimate of drug-likeness (QED) is 0.250. The number of nitrogens with one attached hydrogen (secondary N) is 4. The number of aromatic amines is 1. The summed E-state index contributed by atoms with van der Waals surface area (Å²) in [5, 5.41) is 12.1. The van der Waals surface area contributed by atoms with Gasteiger partial charge in [0, 0.05) is 19.2 Å². The van der Waals surface area contributed by atoms with Crippen LogP contribution in [0.4, 0.5) is 5.95 Å². The molecule has 3 atom stereocenters. The van der Waals surface area contributed by atoms with Crippen LogP contribution < -0.4 is 21.3 Å². The van der Waals surface area contributed by atoms with Crippen LogP contribution in [0, 0.1) is 20.8 Å². The number of carbonyl (C=O) groups is 2. The number of nitrogens with zero attached hydrogens (tertiary/aromatic N) is 1. The summed E-state index contributed by atoms with van der Waals surface area (Å²) >= 11 is 0. The van der Waals surface area contributed by atoms with Gasteiger partial charge in [-0.15, -0.1) is 0 Å². The Balaban J connectivity index is 1.51. The van der Waals surface area contributed by atoms with Crippen molar-refractivity contribution in [2.75, 3.05) is 12.3 Å². The van der Waals surface area contributed by atoms with Crippen LogP contribution in [0.15, 0.2) is 23.2 Å². The first-order valence-electron chi connectivity index (χ1n) is 11.3. The first-order valence-corrected chi connectivity index (χ1v) is 12.8. The van der Waals surface area contributed by atoms with Gasteiger partial charge in [0.15, 0.2) is 5.95 Å². The Morgan fingerprint density at radius 3 is 2.57 bits per heavy atom. The Kier molecular flexibility index (Phi) is 8.48. The van der Waals surface area contributed by atoms with Crippen molar-refractivity contribution in [3.8, 4) is 0 Å². The molecule has 12 nitrogen and oxygen atoms in total. The number of rotatable bonds is 11. The van der Waals surface area contributed by atoms with Crippen molar-refractivity contribution >= 4 is 27.8 Å². The average Bonchev–Trinajstić information content (AvgIpc) is 3.38. The second-order valence-corrected chi connectivity index (χ2v) is 10.5. The third-order valence-corrected chi connectivity index (χ3v) is 7.53. The van der Waals surface area contributed by atoms with Crippen LogP contribution in [-0.4, -0.2) is 60.1 Å². The van der Waals surface area contributed by atoms with E-state index in [0.717, 1.165) is 17.7 Å². The lowest BCUT2D eigenvalue weighted by Crippen LogP contribution is -2.51. The normalized spacial score (nSPS) is 18.9. The summed E-state index contributed by atoms with van der Waals surface area (Å²) < 4.78 is 28.0. The first-order chi connectivity index (χ1) is 16.5. The van der Waals surface area contributed by atoms with Crippen molar-refractivity contribution in [3.05, 3.63) is 40.7 Å². The van der Waals surface area contributed by atoms with Crippen molar-refractivity contribution in [1.29, 1.82) is 0 Å². The summed E-state index contributed by atoms with van der Waals surface area (Å²) in [4.78, 5) is 36.7. The Hall–Kier alpha value is -3.00. The molecule has 1 aliphatic rings. The predicted molar refractivity (Wildman–Crippen MR) is 128 cm³/mol. The highest BCUT2D eigenvalue weighted by atomic mass is 32.2. The molecule has 2 aromatic rings. The van der Waals surface area contributed by atoms with Crippen LogP contribution in [0.1, 0.15) is 41.6 Å². The Morgan fingerprint density at radius 1 is 1.29 bits per heavy atom. The lowest BCUT2D eigenvalue weighted by atomic mass is 10.0. The van der Waals surface area contributed by atoms with E-state index >= 15 is 0 Å². The molecule has 0 spiro atoms. The van der Waals surface area contributed by atoms with Gasteiger partial charge < -0.3 is 21.1 Å². The van der Waals surface area contributed by atoms with E-state index in [2.05, 4.69) is 25.5 Å². The number of benzene rings is 1. The molecule has 1 aromatic heterocycles. The fourth-order valence-electron chi connectivity index (χ4n) is 4.23. The third-order valence-electron chi connectivity index (χ3n) is 5.75. The number of nitrogens with two attached hydrogens (primary N) is 1. The predicted octanol–water partition coefficient (Wildman–Crippen LogP) is 0.450. The molecule has 1 aliphatic heterocycles. The van der Waals surface area contributed by atoms with Crippen LogP contribution >= 0.6 is 0 Å². The minimum absolute atomic E-state index is 0.0342. The number of aryl methyl sites for hydroxylation is 4. The number of aromatic nitrogens is 2. The molecule has 13 heteroatoms.